The quantitative estimate of drug-likeness (QED) is 0.713. The third-order valence-electron chi connectivity index (χ3n) is 3.32. The van der Waals surface area contributed by atoms with Crippen LogP contribution in [0.5, 0.6) is 0 Å². The lowest BCUT2D eigenvalue weighted by atomic mass is 9.97. The van der Waals surface area contributed by atoms with Crippen LogP contribution in [-0.2, 0) is 9.53 Å². The number of aliphatic hydroxyl groups is 1. The molecule has 1 amide bonds. The van der Waals surface area contributed by atoms with E-state index in [0.29, 0.717) is 19.7 Å². The summed E-state index contributed by atoms with van der Waals surface area (Å²) in [6, 6.07) is 0. The fraction of sp³-hybridized carbons (Fsp3) is 0.929. The van der Waals surface area contributed by atoms with Crippen molar-refractivity contribution in [3.63, 3.8) is 0 Å². The van der Waals surface area contributed by atoms with Crippen LogP contribution in [0.4, 0.5) is 0 Å². The SMILES string of the molecule is CCNC(=O)C1CCCN(CC(O)COC(C)C)C1. The molecule has 0 aromatic rings. The summed E-state index contributed by atoms with van der Waals surface area (Å²) in [7, 11) is 0. The Balaban J connectivity index is 2.32. The number of hydrogen-bond donors (Lipinski definition) is 2. The van der Waals surface area contributed by atoms with Gasteiger partial charge in [-0.3, -0.25) is 9.69 Å². The minimum Gasteiger partial charge on any atom is -0.389 e. The Morgan fingerprint density at radius 2 is 2.26 bits per heavy atom. The summed E-state index contributed by atoms with van der Waals surface area (Å²) in [5.41, 5.74) is 0. The van der Waals surface area contributed by atoms with Gasteiger partial charge in [0.25, 0.3) is 0 Å². The van der Waals surface area contributed by atoms with Gasteiger partial charge in [0.15, 0.2) is 0 Å². The molecule has 112 valence electrons. The maximum atomic E-state index is 11.8. The van der Waals surface area contributed by atoms with Crippen LogP contribution < -0.4 is 5.32 Å². The number of carbonyl (C=O) groups excluding carboxylic acids is 1. The van der Waals surface area contributed by atoms with E-state index in [1.807, 2.05) is 20.8 Å². The first kappa shape index (κ1) is 16.4. The fourth-order valence-corrected chi connectivity index (χ4v) is 2.41. The van der Waals surface area contributed by atoms with Gasteiger partial charge >= 0.3 is 0 Å². The summed E-state index contributed by atoms with van der Waals surface area (Å²) in [5, 5.41) is 12.8. The average molecular weight is 272 g/mol. The number of ether oxygens (including phenoxy) is 1. The van der Waals surface area contributed by atoms with E-state index in [4.69, 9.17) is 4.74 Å². The van der Waals surface area contributed by atoms with Crippen LogP contribution in [-0.4, -0.2) is 60.9 Å². The molecule has 2 N–H and O–H groups in total. The highest BCUT2D eigenvalue weighted by atomic mass is 16.5. The molecular weight excluding hydrogens is 244 g/mol. The van der Waals surface area contributed by atoms with Crippen molar-refractivity contribution in [3.05, 3.63) is 0 Å². The molecule has 2 unspecified atom stereocenters. The largest absolute Gasteiger partial charge is 0.389 e. The van der Waals surface area contributed by atoms with E-state index in [1.165, 1.54) is 0 Å². The van der Waals surface area contributed by atoms with E-state index in [2.05, 4.69) is 10.2 Å². The van der Waals surface area contributed by atoms with Crippen molar-refractivity contribution in [1.29, 1.82) is 0 Å². The molecule has 0 bridgehead atoms. The molecule has 1 heterocycles. The van der Waals surface area contributed by atoms with Crippen molar-refractivity contribution < 1.29 is 14.6 Å². The van der Waals surface area contributed by atoms with E-state index in [0.717, 1.165) is 25.9 Å². The normalized spacial score (nSPS) is 22.5. The number of nitrogens with zero attached hydrogens (tertiary/aromatic N) is 1. The lowest BCUT2D eigenvalue weighted by molar-refractivity contribution is -0.126. The third kappa shape index (κ3) is 6.36. The number of rotatable bonds is 7. The molecular formula is C14H28N2O3. The highest BCUT2D eigenvalue weighted by molar-refractivity contribution is 5.78. The molecule has 5 heteroatoms. The van der Waals surface area contributed by atoms with Crippen LogP contribution >= 0.6 is 0 Å². The predicted octanol–water partition coefficient (Wildman–Crippen LogP) is 0.620. The maximum absolute atomic E-state index is 11.8. The van der Waals surface area contributed by atoms with Gasteiger partial charge in [-0.05, 0) is 40.2 Å². The summed E-state index contributed by atoms with van der Waals surface area (Å²) >= 11 is 0. The monoisotopic (exact) mass is 272 g/mol. The van der Waals surface area contributed by atoms with E-state index in [9.17, 15) is 9.90 Å². The highest BCUT2D eigenvalue weighted by Gasteiger charge is 2.26. The Kier molecular flexibility index (Phi) is 7.34. The Bertz CT molecular complexity index is 271. The summed E-state index contributed by atoms with van der Waals surface area (Å²) in [4.78, 5) is 14.0. The molecule has 1 fully saturated rings. The molecule has 0 aromatic heterocycles. The van der Waals surface area contributed by atoms with E-state index in [1.54, 1.807) is 0 Å². The lowest BCUT2D eigenvalue weighted by Crippen LogP contribution is -2.46. The van der Waals surface area contributed by atoms with Crippen molar-refractivity contribution >= 4 is 5.91 Å². The highest BCUT2D eigenvalue weighted by Crippen LogP contribution is 2.16. The second-order valence-corrected chi connectivity index (χ2v) is 5.53. The van der Waals surface area contributed by atoms with Crippen molar-refractivity contribution in [2.24, 2.45) is 5.92 Å². The molecule has 0 aliphatic carbocycles. The van der Waals surface area contributed by atoms with Crippen molar-refractivity contribution in [2.45, 2.75) is 45.8 Å². The average Bonchev–Trinajstić information content (AvgIpc) is 2.37. The van der Waals surface area contributed by atoms with Gasteiger partial charge in [0.2, 0.25) is 5.91 Å². The number of piperidine rings is 1. The number of hydrogen-bond acceptors (Lipinski definition) is 4. The van der Waals surface area contributed by atoms with E-state index in [-0.39, 0.29) is 17.9 Å². The van der Waals surface area contributed by atoms with Crippen LogP contribution in [0.3, 0.4) is 0 Å². The van der Waals surface area contributed by atoms with E-state index >= 15 is 0 Å². The number of carbonyl (C=O) groups is 1. The van der Waals surface area contributed by atoms with E-state index < -0.39 is 6.10 Å². The van der Waals surface area contributed by atoms with Crippen LogP contribution in [0, 0.1) is 5.92 Å². The second-order valence-electron chi connectivity index (χ2n) is 5.53. The molecule has 1 aliphatic rings. The molecule has 19 heavy (non-hydrogen) atoms. The molecule has 0 saturated carbocycles. The minimum atomic E-state index is -0.476. The van der Waals surface area contributed by atoms with Crippen molar-refractivity contribution in [1.82, 2.24) is 10.2 Å². The molecule has 0 aromatic carbocycles. The zero-order valence-corrected chi connectivity index (χ0v) is 12.4. The first-order valence-electron chi connectivity index (χ1n) is 7.32. The van der Waals surface area contributed by atoms with Crippen LogP contribution in [0.1, 0.15) is 33.6 Å². The number of aliphatic hydroxyl groups excluding tert-OH is 1. The number of amides is 1. The van der Waals surface area contributed by atoms with Gasteiger partial charge in [0.1, 0.15) is 0 Å². The molecule has 1 rings (SSSR count). The molecule has 1 aliphatic heterocycles. The summed E-state index contributed by atoms with van der Waals surface area (Å²) in [5.74, 6) is 0.201. The minimum absolute atomic E-state index is 0.0620. The lowest BCUT2D eigenvalue weighted by Gasteiger charge is -2.33. The maximum Gasteiger partial charge on any atom is 0.224 e. The summed E-state index contributed by atoms with van der Waals surface area (Å²) < 4.78 is 5.40. The number of likely N-dealkylation sites (tertiary alicyclic amines) is 1. The topological polar surface area (TPSA) is 61.8 Å². The van der Waals surface area contributed by atoms with Gasteiger partial charge in [-0.2, -0.15) is 0 Å². The summed E-state index contributed by atoms with van der Waals surface area (Å²) in [6.07, 6.45) is 1.62. The zero-order chi connectivity index (χ0) is 14.3. The Hall–Kier alpha value is -0.650. The van der Waals surface area contributed by atoms with Crippen LogP contribution in [0.25, 0.3) is 0 Å². The first-order valence-corrected chi connectivity index (χ1v) is 7.32. The molecule has 5 nitrogen and oxygen atoms in total. The number of nitrogens with one attached hydrogen (secondary N) is 1. The molecule has 0 spiro atoms. The van der Waals surface area contributed by atoms with Crippen molar-refractivity contribution in [2.75, 3.05) is 32.8 Å². The van der Waals surface area contributed by atoms with Crippen molar-refractivity contribution in [3.8, 4) is 0 Å². The van der Waals surface area contributed by atoms with Gasteiger partial charge in [0.05, 0.1) is 24.7 Å². The third-order valence-corrected chi connectivity index (χ3v) is 3.32. The first-order chi connectivity index (χ1) is 9.02. The smallest absolute Gasteiger partial charge is 0.224 e. The Morgan fingerprint density at radius 3 is 2.89 bits per heavy atom. The Labute approximate surface area is 116 Å². The molecule has 0 radical (unpaired) electrons. The molecule has 1 saturated heterocycles. The standard InChI is InChI=1S/C14H28N2O3/c1-4-15-14(18)12-6-5-7-16(8-12)9-13(17)10-19-11(2)3/h11-13,17H,4-10H2,1-3H3,(H,15,18). The molecule has 2 atom stereocenters. The predicted molar refractivity (Wildman–Crippen MR) is 74.9 cm³/mol. The van der Waals surface area contributed by atoms with Gasteiger partial charge in [-0.15, -0.1) is 0 Å². The van der Waals surface area contributed by atoms with Crippen LogP contribution in [0.15, 0.2) is 0 Å². The van der Waals surface area contributed by atoms with Crippen LogP contribution in [0.2, 0.25) is 0 Å². The van der Waals surface area contributed by atoms with Gasteiger partial charge in [-0.1, -0.05) is 0 Å². The second kappa shape index (κ2) is 8.51. The van der Waals surface area contributed by atoms with Gasteiger partial charge < -0.3 is 15.2 Å². The fourth-order valence-electron chi connectivity index (χ4n) is 2.41. The van der Waals surface area contributed by atoms with Gasteiger partial charge in [-0.25, -0.2) is 0 Å². The van der Waals surface area contributed by atoms with Gasteiger partial charge in [0, 0.05) is 19.6 Å². The Morgan fingerprint density at radius 1 is 1.53 bits per heavy atom. The zero-order valence-electron chi connectivity index (χ0n) is 12.4. The number of β-amino-alcohol motifs (C(OH)–C–C–N with tert-alkyl or cyclic N) is 1. The summed E-state index contributed by atoms with van der Waals surface area (Å²) in [6.45, 7) is 9.17.